The third kappa shape index (κ3) is 3.00. The van der Waals surface area contributed by atoms with Crippen LogP contribution in [0.3, 0.4) is 0 Å². The van der Waals surface area contributed by atoms with Crippen LogP contribution in [0, 0.1) is 5.92 Å². The second kappa shape index (κ2) is 5.95. The zero-order valence-corrected chi connectivity index (χ0v) is 11.3. The average Bonchev–Trinajstić information content (AvgIpc) is 2.41. The van der Waals surface area contributed by atoms with Crippen LogP contribution >= 0.6 is 11.6 Å². The molecule has 0 aliphatic heterocycles. The van der Waals surface area contributed by atoms with Crippen molar-refractivity contribution in [2.45, 2.75) is 13.3 Å². The smallest absolute Gasteiger partial charge is 0.229 e. The highest BCUT2D eigenvalue weighted by Gasteiger charge is 2.17. The molecular formula is C13H15ClN4O. The summed E-state index contributed by atoms with van der Waals surface area (Å²) in [5.41, 5.74) is 6.91. The number of hydrogen-bond donors (Lipinski definition) is 2. The van der Waals surface area contributed by atoms with Gasteiger partial charge in [-0.2, -0.15) is 0 Å². The first kappa shape index (κ1) is 13.7. The molecule has 100 valence electrons. The molecule has 0 radical (unpaired) electrons. The summed E-state index contributed by atoms with van der Waals surface area (Å²) in [6.07, 6.45) is 0.668. The molecule has 6 heteroatoms. The molecule has 2 aromatic rings. The van der Waals surface area contributed by atoms with E-state index in [1.54, 1.807) is 0 Å². The van der Waals surface area contributed by atoms with Gasteiger partial charge in [-0.25, -0.2) is 9.97 Å². The molecule has 0 aliphatic rings. The molecule has 0 aliphatic carbocycles. The Morgan fingerprint density at radius 2 is 2.00 bits per heavy atom. The van der Waals surface area contributed by atoms with Crippen LogP contribution in [-0.2, 0) is 4.79 Å². The van der Waals surface area contributed by atoms with Crippen LogP contribution in [0.1, 0.15) is 13.3 Å². The van der Waals surface area contributed by atoms with E-state index >= 15 is 0 Å². The fourth-order valence-corrected chi connectivity index (χ4v) is 1.92. The van der Waals surface area contributed by atoms with Crippen molar-refractivity contribution in [3.05, 3.63) is 29.4 Å². The second-order valence-corrected chi connectivity index (χ2v) is 4.54. The molecule has 1 aromatic heterocycles. The first-order valence-electron chi connectivity index (χ1n) is 6.09. The predicted molar refractivity (Wildman–Crippen MR) is 76.0 cm³/mol. The van der Waals surface area contributed by atoms with Crippen molar-refractivity contribution >= 4 is 34.4 Å². The maximum Gasteiger partial charge on any atom is 0.229 e. The van der Waals surface area contributed by atoms with Gasteiger partial charge in [-0.1, -0.05) is 30.7 Å². The van der Waals surface area contributed by atoms with Gasteiger partial charge in [0.05, 0.1) is 17.0 Å². The fraction of sp³-hybridized carbons (Fsp3) is 0.308. The molecule has 1 heterocycles. The molecule has 1 amide bonds. The molecule has 1 aromatic carbocycles. The van der Waals surface area contributed by atoms with Crippen LogP contribution in [0.5, 0.6) is 0 Å². The van der Waals surface area contributed by atoms with Gasteiger partial charge in [0.15, 0.2) is 11.0 Å². The van der Waals surface area contributed by atoms with Crippen LogP contribution in [0.25, 0.3) is 11.0 Å². The normalized spacial score (nSPS) is 12.4. The lowest BCUT2D eigenvalue weighted by atomic mass is 10.1. The Balaban J connectivity index is 2.30. The van der Waals surface area contributed by atoms with Crippen molar-refractivity contribution in [1.82, 2.24) is 9.97 Å². The maximum atomic E-state index is 11.9. The number of carbonyl (C=O) groups excluding carboxylic acids is 1. The maximum absolute atomic E-state index is 11.9. The third-order valence-electron chi connectivity index (χ3n) is 2.92. The number of carbonyl (C=O) groups is 1. The quantitative estimate of drug-likeness (QED) is 0.898. The molecule has 19 heavy (non-hydrogen) atoms. The van der Waals surface area contributed by atoms with E-state index in [4.69, 9.17) is 17.3 Å². The topological polar surface area (TPSA) is 80.9 Å². The van der Waals surface area contributed by atoms with Gasteiger partial charge in [-0.3, -0.25) is 4.79 Å². The molecule has 2 rings (SSSR count). The van der Waals surface area contributed by atoms with Gasteiger partial charge in [0.2, 0.25) is 5.91 Å². The van der Waals surface area contributed by atoms with Crippen molar-refractivity contribution in [2.75, 3.05) is 11.9 Å². The molecule has 1 atom stereocenters. The van der Waals surface area contributed by atoms with Gasteiger partial charge in [0.25, 0.3) is 0 Å². The zero-order valence-electron chi connectivity index (χ0n) is 10.6. The van der Waals surface area contributed by atoms with E-state index in [2.05, 4.69) is 15.3 Å². The number of nitrogens with two attached hydrogens (primary N) is 1. The van der Waals surface area contributed by atoms with E-state index in [-0.39, 0.29) is 22.8 Å². The molecule has 0 saturated heterocycles. The largest absolute Gasteiger partial charge is 0.330 e. The van der Waals surface area contributed by atoms with Crippen molar-refractivity contribution in [3.8, 4) is 0 Å². The van der Waals surface area contributed by atoms with Crippen molar-refractivity contribution in [3.63, 3.8) is 0 Å². The van der Waals surface area contributed by atoms with E-state index < -0.39 is 0 Å². The van der Waals surface area contributed by atoms with Gasteiger partial charge in [-0.05, 0) is 18.6 Å². The van der Waals surface area contributed by atoms with Crippen molar-refractivity contribution in [2.24, 2.45) is 11.7 Å². The molecule has 1 unspecified atom stereocenters. The SMILES string of the molecule is CCC(CN)C(=O)Nc1nc2ccccc2nc1Cl. The second-order valence-electron chi connectivity index (χ2n) is 4.18. The molecule has 0 spiro atoms. The van der Waals surface area contributed by atoms with Crippen LogP contribution in [-0.4, -0.2) is 22.4 Å². The number of anilines is 1. The number of aromatic nitrogens is 2. The number of nitrogens with zero attached hydrogens (tertiary/aromatic N) is 2. The molecule has 0 fully saturated rings. The van der Waals surface area contributed by atoms with E-state index in [1.807, 2.05) is 31.2 Å². The third-order valence-corrected chi connectivity index (χ3v) is 3.18. The average molecular weight is 279 g/mol. The highest BCUT2D eigenvalue weighted by Crippen LogP contribution is 2.21. The summed E-state index contributed by atoms with van der Waals surface area (Å²) in [5.74, 6) is -0.155. The van der Waals surface area contributed by atoms with E-state index in [1.165, 1.54) is 0 Å². The summed E-state index contributed by atoms with van der Waals surface area (Å²) < 4.78 is 0. The van der Waals surface area contributed by atoms with Crippen molar-refractivity contribution < 1.29 is 4.79 Å². The van der Waals surface area contributed by atoms with Gasteiger partial charge < -0.3 is 11.1 Å². The van der Waals surface area contributed by atoms with Crippen LogP contribution in [0.2, 0.25) is 5.15 Å². The molecular weight excluding hydrogens is 264 g/mol. The minimum atomic E-state index is -0.246. The Morgan fingerprint density at radius 1 is 1.37 bits per heavy atom. The monoisotopic (exact) mass is 278 g/mol. The number of amides is 1. The summed E-state index contributed by atoms with van der Waals surface area (Å²) in [5, 5.41) is 2.86. The summed E-state index contributed by atoms with van der Waals surface area (Å²) in [7, 11) is 0. The lowest BCUT2D eigenvalue weighted by Gasteiger charge is -2.13. The molecule has 0 bridgehead atoms. The number of halogens is 1. The standard InChI is InChI=1S/C13H15ClN4O/c1-2-8(7-15)13(19)18-12-11(14)16-9-5-3-4-6-10(9)17-12/h3-6,8H,2,7,15H2,1H3,(H,17,18,19). The Kier molecular flexibility index (Phi) is 4.29. The number of benzene rings is 1. The highest BCUT2D eigenvalue weighted by atomic mass is 35.5. The molecule has 0 saturated carbocycles. The first-order chi connectivity index (χ1) is 9.15. The summed E-state index contributed by atoms with van der Waals surface area (Å²) in [6.45, 7) is 2.20. The Hall–Kier alpha value is -1.72. The first-order valence-corrected chi connectivity index (χ1v) is 6.46. The minimum absolute atomic E-state index is 0.180. The zero-order chi connectivity index (χ0) is 13.8. The molecule has 5 nitrogen and oxygen atoms in total. The highest BCUT2D eigenvalue weighted by molar-refractivity contribution is 6.32. The molecule has 3 N–H and O–H groups in total. The van der Waals surface area contributed by atoms with Gasteiger partial charge in [0.1, 0.15) is 0 Å². The number of fused-ring (bicyclic) bond motifs is 1. The Bertz CT molecular complexity index is 598. The van der Waals surface area contributed by atoms with Crippen LogP contribution < -0.4 is 11.1 Å². The van der Waals surface area contributed by atoms with E-state index in [9.17, 15) is 4.79 Å². The van der Waals surface area contributed by atoms with Crippen LogP contribution in [0.4, 0.5) is 5.82 Å². The summed E-state index contributed by atoms with van der Waals surface area (Å²) in [6, 6.07) is 7.33. The Morgan fingerprint density at radius 3 is 2.58 bits per heavy atom. The lowest BCUT2D eigenvalue weighted by molar-refractivity contribution is -0.119. The van der Waals surface area contributed by atoms with Crippen LogP contribution in [0.15, 0.2) is 24.3 Å². The lowest BCUT2D eigenvalue weighted by Crippen LogP contribution is -2.29. The number of hydrogen-bond acceptors (Lipinski definition) is 4. The Labute approximate surface area is 116 Å². The minimum Gasteiger partial charge on any atom is -0.330 e. The number of nitrogens with one attached hydrogen (secondary N) is 1. The van der Waals surface area contributed by atoms with Gasteiger partial charge >= 0.3 is 0 Å². The van der Waals surface area contributed by atoms with Gasteiger partial charge in [-0.15, -0.1) is 0 Å². The van der Waals surface area contributed by atoms with E-state index in [0.29, 0.717) is 24.0 Å². The van der Waals surface area contributed by atoms with E-state index in [0.717, 1.165) is 0 Å². The van der Waals surface area contributed by atoms with Gasteiger partial charge in [0, 0.05) is 6.54 Å². The number of rotatable bonds is 4. The summed E-state index contributed by atoms with van der Waals surface area (Å²) >= 11 is 6.02. The van der Waals surface area contributed by atoms with Crippen molar-refractivity contribution in [1.29, 1.82) is 0 Å². The predicted octanol–water partition coefficient (Wildman–Crippen LogP) is 2.21. The summed E-state index contributed by atoms with van der Waals surface area (Å²) in [4.78, 5) is 20.4. The number of para-hydroxylation sites is 2. The fourth-order valence-electron chi connectivity index (χ4n) is 1.74.